The minimum absolute atomic E-state index is 0.0606. The van der Waals surface area contributed by atoms with Gasteiger partial charge in [-0.2, -0.15) is 0 Å². The summed E-state index contributed by atoms with van der Waals surface area (Å²) in [6.07, 6.45) is -0.421. The van der Waals surface area contributed by atoms with Gasteiger partial charge in [0.25, 0.3) is 0 Å². The summed E-state index contributed by atoms with van der Waals surface area (Å²) >= 11 is 0. The maximum absolute atomic E-state index is 13.5. The molecule has 5 amide bonds. The minimum Gasteiger partial charge on any atom is -0.481 e. The molecule has 0 spiro atoms. The van der Waals surface area contributed by atoms with Crippen molar-refractivity contribution >= 4 is 47.4 Å². The first kappa shape index (κ1) is 39.7. The molecule has 0 aromatic rings. The van der Waals surface area contributed by atoms with Gasteiger partial charge in [0, 0.05) is 13.0 Å². The zero-order chi connectivity index (χ0) is 35.3. The number of hydrogen-bond acceptors (Lipinski definition) is 9. The molecule has 0 radical (unpaired) electrons. The topological polar surface area (TPSA) is 275 Å². The van der Waals surface area contributed by atoms with E-state index in [-0.39, 0.29) is 37.6 Å². The Balaban J connectivity index is 3.08. The second kappa shape index (κ2) is 18.6. The fraction of sp³-hybridized carbons (Fsp3) is 0.724. The molecule has 17 nitrogen and oxygen atoms in total. The van der Waals surface area contributed by atoms with Gasteiger partial charge in [-0.05, 0) is 44.4 Å². The molecule has 1 saturated heterocycles. The smallest absolute Gasteiger partial charge is 0.326 e. The van der Waals surface area contributed by atoms with Crippen LogP contribution in [0.5, 0.6) is 0 Å². The summed E-state index contributed by atoms with van der Waals surface area (Å²) in [5, 5.41) is 37.4. The number of amides is 5. The van der Waals surface area contributed by atoms with Crippen LogP contribution in [0.4, 0.5) is 0 Å². The molecule has 0 aromatic carbocycles. The maximum atomic E-state index is 13.5. The first-order valence-corrected chi connectivity index (χ1v) is 15.3. The summed E-state index contributed by atoms with van der Waals surface area (Å²) in [6, 6.07) is -7.62. The maximum Gasteiger partial charge on any atom is 0.326 e. The normalized spacial score (nSPS) is 18.3. The van der Waals surface area contributed by atoms with Crippen LogP contribution in [0.1, 0.15) is 79.6 Å². The summed E-state index contributed by atoms with van der Waals surface area (Å²) in [5.41, 5.74) is 5.98. The van der Waals surface area contributed by atoms with E-state index in [2.05, 4.69) is 21.3 Å². The number of carbonyl (C=O) groups is 8. The van der Waals surface area contributed by atoms with Gasteiger partial charge in [0.15, 0.2) is 0 Å². The van der Waals surface area contributed by atoms with Crippen molar-refractivity contribution in [2.45, 2.75) is 116 Å². The number of nitrogens with two attached hydrogens (primary N) is 1. The number of rotatable bonds is 19. The van der Waals surface area contributed by atoms with Crippen molar-refractivity contribution in [3.05, 3.63) is 0 Å². The molecule has 1 aliphatic heterocycles. The van der Waals surface area contributed by atoms with Gasteiger partial charge in [-0.3, -0.25) is 33.6 Å². The zero-order valence-electron chi connectivity index (χ0n) is 26.9. The summed E-state index contributed by atoms with van der Waals surface area (Å²) < 4.78 is 0. The molecule has 46 heavy (non-hydrogen) atoms. The van der Waals surface area contributed by atoms with Gasteiger partial charge in [-0.15, -0.1) is 0 Å². The molecule has 0 saturated carbocycles. The van der Waals surface area contributed by atoms with Crippen LogP contribution in [-0.4, -0.2) is 110 Å². The van der Waals surface area contributed by atoms with E-state index >= 15 is 0 Å². The van der Waals surface area contributed by atoms with Crippen molar-refractivity contribution in [3.63, 3.8) is 0 Å². The molecule has 0 unspecified atom stereocenters. The first-order valence-electron chi connectivity index (χ1n) is 15.3. The fourth-order valence-corrected chi connectivity index (χ4v) is 4.83. The highest BCUT2D eigenvalue weighted by Gasteiger charge is 2.40. The highest BCUT2D eigenvalue weighted by molar-refractivity contribution is 5.97. The highest BCUT2D eigenvalue weighted by atomic mass is 16.4. The minimum atomic E-state index is -1.67. The lowest BCUT2D eigenvalue weighted by Gasteiger charge is -2.30. The van der Waals surface area contributed by atoms with Crippen molar-refractivity contribution < 1.29 is 53.7 Å². The van der Waals surface area contributed by atoms with E-state index in [4.69, 9.17) is 5.73 Å². The molecular weight excluding hydrogens is 608 g/mol. The number of carboxylic acids is 3. The van der Waals surface area contributed by atoms with E-state index in [0.717, 1.165) is 4.90 Å². The van der Waals surface area contributed by atoms with Crippen LogP contribution in [0.2, 0.25) is 0 Å². The number of carboxylic acid groups (broad SMARTS) is 3. The summed E-state index contributed by atoms with van der Waals surface area (Å²) in [6.45, 7) is 8.44. The van der Waals surface area contributed by atoms with E-state index in [1.807, 2.05) is 6.92 Å². The third-order valence-corrected chi connectivity index (χ3v) is 7.75. The monoisotopic (exact) mass is 656 g/mol. The number of carbonyl (C=O) groups excluding carboxylic acids is 5. The Morgan fingerprint density at radius 1 is 0.804 bits per heavy atom. The lowest BCUT2D eigenvalue weighted by molar-refractivity contribution is -0.145. The average molecular weight is 657 g/mol. The van der Waals surface area contributed by atoms with E-state index < -0.39 is 96.5 Å². The first-order chi connectivity index (χ1) is 21.4. The van der Waals surface area contributed by atoms with Gasteiger partial charge in [0.05, 0.1) is 12.5 Å². The number of hydrogen-bond donors (Lipinski definition) is 8. The van der Waals surface area contributed by atoms with Gasteiger partial charge < -0.3 is 47.2 Å². The Bertz CT molecular complexity index is 1150. The van der Waals surface area contributed by atoms with Crippen molar-refractivity contribution in [1.29, 1.82) is 0 Å². The quantitative estimate of drug-likeness (QED) is 0.0813. The molecule has 1 rings (SSSR count). The van der Waals surface area contributed by atoms with Crippen molar-refractivity contribution in [2.75, 3.05) is 6.54 Å². The van der Waals surface area contributed by atoms with Gasteiger partial charge in [-0.25, -0.2) is 4.79 Å². The number of aliphatic carboxylic acids is 3. The van der Waals surface area contributed by atoms with Crippen molar-refractivity contribution in [3.8, 4) is 0 Å². The second-order valence-corrected chi connectivity index (χ2v) is 12.0. The molecule has 1 heterocycles. The number of nitrogens with one attached hydrogen (secondary N) is 4. The predicted molar refractivity (Wildman–Crippen MR) is 162 cm³/mol. The molecule has 9 N–H and O–H groups in total. The van der Waals surface area contributed by atoms with Gasteiger partial charge in [0.1, 0.15) is 30.2 Å². The fourth-order valence-electron chi connectivity index (χ4n) is 4.83. The summed E-state index contributed by atoms with van der Waals surface area (Å²) in [5.74, 6) is -8.35. The molecule has 1 fully saturated rings. The largest absolute Gasteiger partial charge is 0.481 e. The standard InChI is InChI=1S/C29H48N6O11/c1-6-15(4)23(30)27(43)32-17(9-10-21(36)37)28(44)35-11-7-8-20(35)26(42)33-18(13-22(38)39)25(41)31-16(5)24(40)34-19(29(45)46)12-14(2)3/h14-20,23H,6-13,30H2,1-5H3,(H,31,41)(H,32,43)(H,33,42)(H,34,40)(H,36,37)(H,38,39)(H,45,46)/t15-,16-,17-,18-,19-,20-,23-/m0/s1. The second-order valence-electron chi connectivity index (χ2n) is 12.0. The van der Waals surface area contributed by atoms with Crippen LogP contribution in [-0.2, 0) is 38.4 Å². The Kier molecular flexibility index (Phi) is 16.1. The van der Waals surface area contributed by atoms with Gasteiger partial charge >= 0.3 is 17.9 Å². The van der Waals surface area contributed by atoms with E-state index in [1.165, 1.54) is 6.92 Å². The lowest BCUT2D eigenvalue weighted by Crippen LogP contribution is -2.59. The molecule has 0 aliphatic carbocycles. The Hall–Kier alpha value is -4.28. The van der Waals surface area contributed by atoms with Crippen LogP contribution in [0.25, 0.3) is 0 Å². The molecule has 0 bridgehead atoms. The summed E-state index contributed by atoms with van der Waals surface area (Å²) in [7, 11) is 0. The van der Waals surface area contributed by atoms with Crippen molar-refractivity contribution in [2.24, 2.45) is 17.6 Å². The number of nitrogens with zero attached hydrogens (tertiary/aromatic N) is 1. The molecular formula is C29H48N6O11. The van der Waals surface area contributed by atoms with Crippen LogP contribution < -0.4 is 27.0 Å². The van der Waals surface area contributed by atoms with Crippen molar-refractivity contribution in [1.82, 2.24) is 26.2 Å². The lowest BCUT2D eigenvalue weighted by atomic mass is 9.98. The highest BCUT2D eigenvalue weighted by Crippen LogP contribution is 2.20. The molecule has 0 aromatic heterocycles. The zero-order valence-corrected chi connectivity index (χ0v) is 26.9. The van der Waals surface area contributed by atoms with E-state index in [1.54, 1.807) is 20.8 Å². The predicted octanol–water partition coefficient (Wildman–Crippen LogP) is -1.22. The Morgan fingerprint density at radius 3 is 1.93 bits per heavy atom. The molecule has 260 valence electrons. The Morgan fingerprint density at radius 2 is 1.41 bits per heavy atom. The summed E-state index contributed by atoms with van der Waals surface area (Å²) in [4.78, 5) is 101. The SMILES string of the molecule is CC[C@H](C)[C@H](N)C(=O)N[C@@H](CCC(=O)O)C(=O)N1CCC[C@H]1C(=O)N[C@@H](CC(=O)O)C(=O)N[C@@H](C)C(=O)N[C@@H](CC(C)C)C(=O)O. The van der Waals surface area contributed by atoms with Crippen LogP contribution in [0.15, 0.2) is 0 Å². The number of likely N-dealkylation sites (tertiary alicyclic amines) is 1. The molecule has 1 aliphatic rings. The molecule has 17 heteroatoms. The van der Waals surface area contributed by atoms with E-state index in [9.17, 15) is 53.7 Å². The van der Waals surface area contributed by atoms with Crippen LogP contribution >= 0.6 is 0 Å². The molecule has 7 atom stereocenters. The van der Waals surface area contributed by atoms with Crippen LogP contribution in [0, 0.1) is 11.8 Å². The van der Waals surface area contributed by atoms with E-state index in [0.29, 0.717) is 12.8 Å². The Labute approximate surface area is 267 Å². The van der Waals surface area contributed by atoms with Gasteiger partial charge in [0.2, 0.25) is 29.5 Å². The van der Waals surface area contributed by atoms with Crippen LogP contribution in [0.3, 0.4) is 0 Å². The third-order valence-electron chi connectivity index (χ3n) is 7.75. The van der Waals surface area contributed by atoms with Gasteiger partial charge in [-0.1, -0.05) is 34.1 Å². The third kappa shape index (κ3) is 12.6. The average Bonchev–Trinajstić information content (AvgIpc) is 3.46.